The summed E-state index contributed by atoms with van der Waals surface area (Å²) >= 11 is 11.6. The second-order valence-electron chi connectivity index (χ2n) is 6.66. The number of alkyl halides is 3. The Morgan fingerprint density at radius 2 is 1.53 bits per heavy atom. The van der Waals surface area contributed by atoms with Gasteiger partial charge in [0.15, 0.2) is 5.78 Å². The van der Waals surface area contributed by atoms with E-state index >= 15 is 0 Å². The number of halogens is 5. The second-order valence-corrected chi connectivity index (χ2v) is 7.53. The van der Waals surface area contributed by atoms with Crippen molar-refractivity contribution in [3.63, 3.8) is 0 Å². The van der Waals surface area contributed by atoms with Crippen LogP contribution in [0.15, 0.2) is 72.9 Å². The molecule has 0 spiro atoms. The molecule has 164 valence electrons. The largest absolute Gasteiger partial charge is 0.417 e. The van der Waals surface area contributed by atoms with Gasteiger partial charge in [-0.15, -0.1) is 0 Å². The zero-order chi connectivity index (χ0) is 23.3. The standard InChI is InChI=1S/C23H15Cl2F3N2O2/c24-17-9-16(10-18(25)11-17)20(23(26,27)28)12-21(31)14-4-6-15(7-5-14)22(32)30-13-19-3-1-2-8-29-19/h1-12H,13H2,(H,30,32). The maximum Gasteiger partial charge on any atom is 0.417 e. The lowest BCUT2D eigenvalue weighted by atomic mass is 10.0. The van der Waals surface area contributed by atoms with Gasteiger partial charge in [-0.1, -0.05) is 41.4 Å². The normalized spacial score (nSPS) is 11.8. The molecule has 0 fully saturated rings. The highest BCUT2D eigenvalue weighted by molar-refractivity contribution is 6.35. The number of ketones is 1. The van der Waals surface area contributed by atoms with Crippen molar-refractivity contribution in [3.05, 3.63) is 105 Å². The first-order valence-corrected chi connectivity index (χ1v) is 9.97. The fourth-order valence-corrected chi connectivity index (χ4v) is 3.34. The minimum Gasteiger partial charge on any atom is -0.346 e. The van der Waals surface area contributed by atoms with Crippen molar-refractivity contribution in [1.82, 2.24) is 10.3 Å². The molecule has 2 aromatic carbocycles. The van der Waals surface area contributed by atoms with E-state index in [9.17, 15) is 22.8 Å². The van der Waals surface area contributed by atoms with Gasteiger partial charge >= 0.3 is 6.18 Å². The number of pyridine rings is 1. The van der Waals surface area contributed by atoms with Crippen molar-refractivity contribution in [2.24, 2.45) is 0 Å². The molecule has 0 saturated carbocycles. The van der Waals surface area contributed by atoms with Crippen LogP contribution in [0.4, 0.5) is 13.2 Å². The van der Waals surface area contributed by atoms with E-state index in [1.165, 1.54) is 30.3 Å². The molecule has 9 heteroatoms. The summed E-state index contributed by atoms with van der Waals surface area (Å²) < 4.78 is 40.7. The fourth-order valence-electron chi connectivity index (χ4n) is 2.81. The van der Waals surface area contributed by atoms with E-state index in [2.05, 4.69) is 10.3 Å². The Bertz CT molecular complexity index is 1140. The van der Waals surface area contributed by atoms with E-state index in [1.807, 2.05) is 0 Å². The Hall–Kier alpha value is -3.16. The quantitative estimate of drug-likeness (QED) is 0.341. The molecule has 0 radical (unpaired) electrons. The first-order valence-electron chi connectivity index (χ1n) is 9.21. The molecule has 0 atom stereocenters. The Kier molecular flexibility index (Phi) is 7.33. The number of nitrogens with one attached hydrogen (secondary N) is 1. The molecule has 0 aliphatic heterocycles. The van der Waals surface area contributed by atoms with E-state index < -0.39 is 23.4 Å². The first-order chi connectivity index (χ1) is 15.1. The molecule has 1 heterocycles. The number of rotatable bonds is 6. The third-order valence-corrected chi connectivity index (χ3v) is 4.78. The smallest absolute Gasteiger partial charge is 0.346 e. The number of hydrogen-bond acceptors (Lipinski definition) is 3. The summed E-state index contributed by atoms with van der Waals surface area (Å²) in [6.45, 7) is 0.209. The number of aromatic nitrogens is 1. The summed E-state index contributed by atoms with van der Waals surface area (Å²) in [7, 11) is 0. The molecule has 4 nitrogen and oxygen atoms in total. The van der Waals surface area contributed by atoms with E-state index in [4.69, 9.17) is 23.2 Å². The monoisotopic (exact) mass is 478 g/mol. The molecular weight excluding hydrogens is 464 g/mol. The van der Waals surface area contributed by atoms with Crippen LogP contribution in [0.25, 0.3) is 5.57 Å². The maximum atomic E-state index is 13.6. The van der Waals surface area contributed by atoms with E-state index in [0.29, 0.717) is 11.8 Å². The second kappa shape index (κ2) is 9.97. The van der Waals surface area contributed by atoms with Crippen LogP contribution in [-0.4, -0.2) is 22.9 Å². The van der Waals surface area contributed by atoms with Gasteiger partial charge in [0.2, 0.25) is 0 Å². The SMILES string of the molecule is O=C(C=C(c1cc(Cl)cc(Cl)c1)C(F)(F)F)c1ccc(C(=O)NCc2ccccn2)cc1. The molecular formula is C23H15Cl2F3N2O2. The molecule has 1 amide bonds. The molecule has 1 N–H and O–H groups in total. The fraction of sp³-hybridized carbons (Fsp3) is 0.0870. The molecule has 1 aromatic heterocycles. The van der Waals surface area contributed by atoms with E-state index in [1.54, 1.807) is 24.4 Å². The summed E-state index contributed by atoms with van der Waals surface area (Å²) in [4.78, 5) is 28.8. The minimum atomic E-state index is -4.81. The van der Waals surface area contributed by atoms with E-state index in [0.717, 1.165) is 12.1 Å². The number of benzene rings is 2. The van der Waals surface area contributed by atoms with Gasteiger partial charge < -0.3 is 5.32 Å². The van der Waals surface area contributed by atoms with Crippen LogP contribution >= 0.6 is 23.2 Å². The van der Waals surface area contributed by atoms with Crippen LogP contribution in [-0.2, 0) is 6.54 Å². The third kappa shape index (κ3) is 6.18. The molecule has 0 aliphatic carbocycles. The zero-order valence-electron chi connectivity index (χ0n) is 16.3. The average Bonchev–Trinajstić information content (AvgIpc) is 2.75. The van der Waals surface area contributed by atoms with Gasteiger partial charge in [0, 0.05) is 27.4 Å². The minimum absolute atomic E-state index is 0.0103. The zero-order valence-corrected chi connectivity index (χ0v) is 17.8. The van der Waals surface area contributed by atoms with Crippen molar-refractivity contribution in [3.8, 4) is 0 Å². The van der Waals surface area contributed by atoms with Crippen LogP contribution in [0, 0.1) is 0 Å². The highest BCUT2D eigenvalue weighted by Crippen LogP contribution is 2.36. The summed E-state index contributed by atoms with van der Waals surface area (Å²) in [5, 5.41) is 2.70. The Morgan fingerprint density at radius 1 is 0.906 bits per heavy atom. The van der Waals surface area contributed by atoms with Crippen LogP contribution in [0.2, 0.25) is 10.0 Å². The lowest BCUT2D eigenvalue weighted by molar-refractivity contribution is -0.0689. The Labute approximate surface area is 191 Å². The van der Waals surface area contributed by atoms with Crippen LogP contribution < -0.4 is 5.32 Å². The van der Waals surface area contributed by atoms with Gasteiger partial charge in [0.05, 0.1) is 17.8 Å². The number of nitrogens with zero attached hydrogens (tertiary/aromatic N) is 1. The first kappa shape index (κ1) is 23.5. The maximum absolute atomic E-state index is 13.6. The predicted octanol–water partition coefficient (Wildman–Crippen LogP) is 6.15. The molecule has 32 heavy (non-hydrogen) atoms. The van der Waals surface area contributed by atoms with Gasteiger partial charge in [-0.25, -0.2) is 0 Å². The number of amides is 1. The molecule has 3 rings (SSSR count). The Balaban J connectivity index is 1.78. The summed E-state index contributed by atoms with van der Waals surface area (Å²) in [5.74, 6) is -1.29. The van der Waals surface area contributed by atoms with E-state index in [-0.39, 0.29) is 33.3 Å². The molecule has 3 aromatic rings. The highest BCUT2D eigenvalue weighted by atomic mass is 35.5. The lowest BCUT2D eigenvalue weighted by Gasteiger charge is -2.13. The van der Waals surface area contributed by atoms with Gasteiger partial charge in [-0.05, 0) is 54.1 Å². The number of carbonyl (C=O) groups is 2. The number of allylic oxidation sites excluding steroid dienone is 2. The summed E-state index contributed by atoms with van der Waals surface area (Å²) in [5.41, 5.74) is -0.600. The van der Waals surface area contributed by atoms with Gasteiger partial charge in [-0.3, -0.25) is 14.6 Å². The summed E-state index contributed by atoms with van der Waals surface area (Å²) in [6, 6.07) is 14.0. The topological polar surface area (TPSA) is 59.1 Å². The van der Waals surface area contributed by atoms with Crippen molar-refractivity contribution in [1.29, 1.82) is 0 Å². The Morgan fingerprint density at radius 3 is 2.09 bits per heavy atom. The van der Waals surface area contributed by atoms with Crippen molar-refractivity contribution < 1.29 is 22.8 Å². The summed E-state index contributed by atoms with van der Waals surface area (Å²) in [6.07, 6.45) is -2.73. The van der Waals surface area contributed by atoms with Crippen LogP contribution in [0.3, 0.4) is 0 Å². The van der Waals surface area contributed by atoms with Crippen LogP contribution in [0.1, 0.15) is 32.0 Å². The van der Waals surface area contributed by atoms with Crippen molar-refractivity contribution in [2.75, 3.05) is 0 Å². The number of hydrogen-bond donors (Lipinski definition) is 1. The molecule has 0 aliphatic rings. The van der Waals surface area contributed by atoms with Crippen LogP contribution in [0.5, 0.6) is 0 Å². The van der Waals surface area contributed by atoms with Gasteiger partial charge in [0.1, 0.15) is 0 Å². The third-order valence-electron chi connectivity index (χ3n) is 4.34. The number of carbonyl (C=O) groups excluding carboxylic acids is 2. The van der Waals surface area contributed by atoms with Crippen molar-refractivity contribution >= 4 is 40.5 Å². The van der Waals surface area contributed by atoms with Gasteiger partial charge in [0.25, 0.3) is 5.91 Å². The van der Waals surface area contributed by atoms with Crippen molar-refractivity contribution in [2.45, 2.75) is 12.7 Å². The van der Waals surface area contributed by atoms with Gasteiger partial charge in [-0.2, -0.15) is 13.2 Å². The molecule has 0 unspecified atom stereocenters. The lowest BCUT2D eigenvalue weighted by Crippen LogP contribution is -2.23. The predicted molar refractivity (Wildman–Crippen MR) is 117 cm³/mol. The molecule has 0 saturated heterocycles. The molecule has 0 bridgehead atoms. The average molecular weight is 479 g/mol. The highest BCUT2D eigenvalue weighted by Gasteiger charge is 2.35.